The van der Waals surface area contributed by atoms with E-state index in [1.165, 1.54) is 11.0 Å². The largest absolute Gasteiger partial charge is 0.480 e. The Kier molecular flexibility index (Phi) is 5.47. The molecule has 7 heteroatoms. The van der Waals surface area contributed by atoms with Crippen molar-refractivity contribution in [2.45, 2.75) is 26.4 Å². The topological polar surface area (TPSA) is 92.5 Å². The lowest BCUT2D eigenvalue weighted by molar-refractivity contribution is -0.146. The fourth-order valence-corrected chi connectivity index (χ4v) is 2.25. The van der Waals surface area contributed by atoms with Gasteiger partial charge in [-0.25, -0.2) is 4.68 Å². The first-order chi connectivity index (χ1) is 11.4. The zero-order valence-corrected chi connectivity index (χ0v) is 13.5. The maximum absolute atomic E-state index is 12.4. The standard InChI is InChI=1S/C17H19N3O4/c1-12(2)19(11-17(23)24)16(22)10-20-15(21)9-8-14(18-20)13-6-4-3-5-7-13/h3-9,12H,10-11H2,1-2H3,(H,23,24). The van der Waals surface area contributed by atoms with E-state index in [9.17, 15) is 14.4 Å². The van der Waals surface area contributed by atoms with Crippen molar-refractivity contribution in [3.63, 3.8) is 0 Å². The first kappa shape index (κ1) is 17.4. The van der Waals surface area contributed by atoms with Crippen LogP contribution in [0.1, 0.15) is 13.8 Å². The molecule has 0 atom stereocenters. The summed E-state index contributed by atoms with van der Waals surface area (Å²) in [6.07, 6.45) is 0. The molecule has 0 fully saturated rings. The molecule has 0 saturated heterocycles. The number of hydrogen-bond acceptors (Lipinski definition) is 4. The van der Waals surface area contributed by atoms with Crippen molar-refractivity contribution < 1.29 is 14.7 Å². The Morgan fingerprint density at radius 2 is 1.83 bits per heavy atom. The van der Waals surface area contributed by atoms with Gasteiger partial charge in [-0.1, -0.05) is 30.3 Å². The summed E-state index contributed by atoms with van der Waals surface area (Å²) < 4.78 is 1.06. The van der Waals surface area contributed by atoms with E-state index >= 15 is 0 Å². The Labute approximate surface area is 139 Å². The van der Waals surface area contributed by atoms with Crippen LogP contribution in [-0.4, -0.2) is 44.3 Å². The molecule has 0 aliphatic rings. The smallest absolute Gasteiger partial charge is 0.323 e. The van der Waals surface area contributed by atoms with Gasteiger partial charge >= 0.3 is 5.97 Å². The maximum Gasteiger partial charge on any atom is 0.323 e. The summed E-state index contributed by atoms with van der Waals surface area (Å²) in [7, 11) is 0. The van der Waals surface area contributed by atoms with E-state index < -0.39 is 24.0 Å². The molecule has 2 aromatic rings. The molecule has 1 aromatic carbocycles. The van der Waals surface area contributed by atoms with Gasteiger partial charge in [-0.3, -0.25) is 14.4 Å². The van der Waals surface area contributed by atoms with Crippen LogP contribution in [0.25, 0.3) is 11.3 Å². The van der Waals surface area contributed by atoms with E-state index in [4.69, 9.17) is 5.11 Å². The molecule has 0 spiro atoms. The number of aromatic nitrogens is 2. The normalized spacial score (nSPS) is 10.6. The van der Waals surface area contributed by atoms with E-state index in [1.54, 1.807) is 19.9 Å². The highest BCUT2D eigenvalue weighted by molar-refractivity contribution is 5.81. The summed E-state index contributed by atoms with van der Waals surface area (Å²) in [6.45, 7) is 2.73. The monoisotopic (exact) mass is 329 g/mol. The van der Waals surface area contributed by atoms with Crippen LogP contribution in [0.2, 0.25) is 0 Å². The van der Waals surface area contributed by atoms with Crippen molar-refractivity contribution in [2.24, 2.45) is 0 Å². The molecular weight excluding hydrogens is 310 g/mol. The Morgan fingerprint density at radius 1 is 1.17 bits per heavy atom. The van der Waals surface area contributed by atoms with Crippen LogP contribution in [0.15, 0.2) is 47.3 Å². The van der Waals surface area contributed by atoms with Crippen LogP contribution in [0, 0.1) is 0 Å². The summed E-state index contributed by atoms with van der Waals surface area (Å²) in [4.78, 5) is 36.4. The van der Waals surface area contributed by atoms with Gasteiger partial charge in [0.1, 0.15) is 13.1 Å². The van der Waals surface area contributed by atoms with Crippen LogP contribution in [-0.2, 0) is 16.1 Å². The number of aliphatic carboxylic acids is 1. The molecule has 1 heterocycles. The second-order valence-corrected chi connectivity index (χ2v) is 5.59. The predicted molar refractivity (Wildman–Crippen MR) is 88.4 cm³/mol. The first-order valence-corrected chi connectivity index (χ1v) is 7.53. The van der Waals surface area contributed by atoms with E-state index in [-0.39, 0.29) is 12.6 Å². The zero-order valence-electron chi connectivity index (χ0n) is 13.5. The fourth-order valence-electron chi connectivity index (χ4n) is 2.25. The van der Waals surface area contributed by atoms with E-state index in [2.05, 4.69) is 5.10 Å². The predicted octanol–water partition coefficient (Wildman–Crippen LogP) is 1.23. The molecule has 0 aliphatic carbocycles. The van der Waals surface area contributed by atoms with E-state index in [0.29, 0.717) is 5.69 Å². The van der Waals surface area contributed by atoms with E-state index in [0.717, 1.165) is 10.2 Å². The second kappa shape index (κ2) is 7.54. The van der Waals surface area contributed by atoms with Gasteiger partial charge in [0, 0.05) is 17.7 Å². The van der Waals surface area contributed by atoms with Crippen molar-refractivity contribution in [1.82, 2.24) is 14.7 Å². The van der Waals surface area contributed by atoms with Gasteiger partial charge < -0.3 is 10.0 Å². The molecule has 7 nitrogen and oxygen atoms in total. The number of rotatable bonds is 6. The summed E-state index contributed by atoms with van der Waals surface area (Å²) in [5, 5.41) is 13.1. The molecule has 0 radical (unpaired) electrons. The Bertz CT molecular complexity index is 784. The highest BCUT2D eigenvalue weighted by Gasteiger charge is 2.21. The summed E-state index contributed by atoms with van der Waals surface area (Å²) >= 11 is 0. The third kappa shape index (κ3) is 4.28. The molecule has 24 heavy (non-hydrogen) atoms. The number of amides is 1. The molecule has 2 rings (SSSR count). The average molecular weight is 329 g/mol. The Morgan fingerprint density at radius 3 is 2.42 bits per heavy atom. The quantitative estimate of drug-likeness (QED) is 0.860. The van der Waals surface area contributed by atoms with Crippen LogP contribution in [0.3, 0.4) is 0 Å². The van der Waals surface area contributed by atoms with Gasteiger partial charge in [0.05, 0.1) is 5.69 Å². The molecule has 1 amide bonds. The minimum atomic E-state index is -1.10. The first-order valence-electron chi connectivity index (χ1n) is 7.53. The number of benzene rings is 1. The summed E-state index contributed by atoms with van der Waals surface area (Å²) in [5.74, 6) is -1.57. The average Bonchev–Trinajstić information content (AvgIpc) is 2.55. The highest BCUT2D eigenvalue weighted by Crippen LogP contribution is 2.14. The SMILES string of the molecule is CC(C)N(CC(=O)O)C(=O)Cn1nc(-c2ccccc2)ccc1=O. The van der Waals surface area contributed by atoms with Gasteiger partial charge in [-0.05, 0) is 19.9 Å². The van der Waals surface area contributed by atoms with Gasteiger partial charge in [0.25, 0.3) is 5.56 Å². The summed E-state index contributed by atoms with van der Waals surface area (Å²) in [6, 6.07) is 11.9. The molecule has 0 unspecified atom stereocenters. The lowest BCUT2D eigenvalue weighted by Crippen LogP contribution is -2.44. The van der Waals surface area contributed by atoms with Gasteiger partial charge in [-0.15, -0.1) is 0 Å². The number of carbonyl (C=O) groups excluding carboxylic acids is 1. The number of carbonyl (C=O) groups is 2. The van der Waals surface area contributed by atoms with Gasteiger partial charge in [0.15, 0.2) is 0 Å². The molecule has 126 valence electrons. The molecular formula is C17H19N3O4. The minimum Gasteiger partial charge on any atom is -0.480 e. The van der Waals surface area contributed by atoms with Crippen molar-refractivity contribution in [2.75, 3.05) is 6.54 Å². The van der Waals surface area contributed by atoms with Crippen molar-refractivity contribution in [1.29, 1.82) is 0 Å². The van der Waals surface area contributed by atoms with Crippen molar-refractivity contribution in [3.05, 3.63) is 52.8 Å². The highest BCUT2D eigenvalue weighted by atomic mass is 16.4. The summed E-state index contributed by atoms with van der Waals surface area (Å²) in [5.41, 5.74) is 0.976. The third-order valence-corrected chi connectivity index (χ3v) is 3.47. The lowest BCUT2D eigenvalue weighted by Gasteiger charge is -2.24. The van der Waals surface area contributed by atoms with Crippen molar-refractivity contribution >= 4 is 11.9 Å². The van der Waals surface area contributed by atoms with Crippen LogP contribution >= 0.6 is 0 Å². The van der Waals surface area contributed by atoms with Gasteiger partial charge in [0.2, 0.25) is 5.91 Å². The number of carboxylic acid groups (broad SMARTS) is 1. The van der Waals surface area contributed by atoms with Gasteiger partial charge in [-0.2, -0.15) is 5.10 Å². The zero-order chi connectivity index (χ0) is 17.7. The fraction of sp³-hybridized carbons (Fsp3) is 0.294. The molecule has 0 bridgehead atoms. The number of nitrogens with zero attached hydrogens (tertiary/aromatic N) is 3. The van der Waals surface area contributed by atoms with Crippen LogP contribution in [0.5, 0.6) is 0 Å². The Balaban J connectivity index is 2.27. The van der Waals surface area contributed by atoms with Crippen molar-refractivity contribution in [3.8, 4) is 11.3 Å². The van der Waals surface area contributed by atoms with Crippen LogP contribution < -0.4 is 5.56 Å². The lowest BCUT2D eigenvalue weighted by atomic mass is 10.1. The number of carboxylic acids is 1. The second-order valence-electron chi connectivity index (χ2n) is 5.59. The number of hydrogen-bond donors (Lipinski definition) is 1. The minimum absolute atomic E-state index is 0.290. The molecule has 1 N–H and O–H groups in total. The van der Waals surface area contributed by atoms with Crippen LogP contribution in [0.4, 0.5) is 0 Å². The third-order valence-electron chi connectivity index (χ3n) is 3.47. The Hall–Kier alpha value is -2.96. The molecule has 1 aromatic heterocycles. The maximum atomic E-state index is 12.4. The molecule has 0 aliphatic heterocycles. The molecule has 0 saturated carbocycles. The van der Waals surface area contributed by atoms with E-state index in [1.807, 2.05) is 30.3 Å².